The van der Waals surface area contributed by atoms with Crippen LogP contribution in [0.5, 0.6) is 0 Å². The van der Waals surface area contributed by atoms with Crippen LogP contribution in [0.25, 0.3) is 0 Å². The summed E-state index contributed by atoms with van der Waals surface area (Å²) in [7, 11) is 1.28. The molecule has 20 heavy (non-hydrogen) atoms. The van der Waals surface area contributed by atoms with Crippen molar-refractivity contribution in [3.8, 4) is 0 Å². The van der Waals surface area contributed by atoms with Crippen LogP contribution >= 0.6 is 11.3 Å². The number of alkyl carbamates (subject to hydrolysis) is 1. The van der Waals surface area contributed by atoms with E-state index in [2.05, 4.69) is 21.4 Å². The number of rotatable bonds is 5. The molecule has 0 saturated heterocycles. The van der Waals surface area contributed by atoms with Crippen molar-refractivity contribution in [3.05, 3.63) is 22.4 Å². The van der Waals surface area contributed by atoms with E-state index in [4.69, 9.17) is 0 Å². The molecule has 0 spiro atoms. The Balaban J connectivity index is 1.93. The molecule has 1 aromatic rings. The van der Waals surface area contributed by atoms with Gasteiger partial charge >= 0.3 is 6.09 Å². The van der Waals surface area contributed by atoms with Crippen LogP contribution in [0.3, 0.4) is 0 Å². The molecule has 0 radical (unpaired) electrons. The van der Waals surface area contributed by atoms with E-state index in [-0.39, 0.29) is 18.5 Å². The second-order valence-corrected chi connectivity index (χ2v) is 5.93. The smallest absolute Gasteiger partial charge is 0.407 e. The number of nitrogens with one attached hydrogen (secondary N) is 2. The average molecular weight is 296 g/mol. The van der Waals surface area contributed by atoms with Crippen LogP contribution in [0.2, 0.25) is 0 Å². The van der Waals surface area contributed by atoms with Crippen LogP contribution in [0.1, 0.15) is 36.6 Å². The molecule has 1 heterocycles. The molecule has 5 nitrogen and oxygen atoms in total. The van der Waals surface area contributed by atoms with Crippen LogP contribution in [0.15, 0.2) is 17.5 Å². The summed E-state index contributed by atoms with van der Waals surface area (Å²) >= 11 is 1.66. The van der Waals surface area contributed by atoms with Crippen LogP contribution in [0, 0.1) is 5.92 Å². The topological polar surface area (TPSA) is 67.4 Å². The molecular weight excluding hydrogens is 276 g/mol. The minimum absolute atomic E-state index is 0.0543. The number of methoxy groups -OCH3 is 1. The van der Waals surface area contributed by atoms with E-state index in [1.165, 1.54) is 24.8 Å². The molecule has 0 aliphatic heterocycles. The first-order valence-corrected chi connectivity index (χ1v) is 7.73. The molecule has 1 saturated carbocycles. The molecule has 0 aromatic carbocycles. The zero-order valence-corrected chi connectivity index (χ0v) is 12.4. The summed E-state index contributed by atoms with van der Waals surface area (Å²) in [5.74, 6) is 0.316. The Morgan fingerprint density at radius 3 is 2.80 bits per heavy atom. The fraction of sp³-hybridized carbons (Fsp3) is 0.571. The van der Waals surface area contributed by atoms with Crippen molar-refractivity contribution < 1.29 is 14.3 Å². The molecule has 1 atom stereocenters. The molecule has 1 aromatic heterocycles. The highest BCUT2D eigenvalue weighted by atomic mass is 32.1. The second kappa shape index (κ2) is 7.28. The highest BCUT2D eigenvalue weighted by molar-refractivity contribution is 7.10. The van der Waals surface area contributed by atoms with E-state index < -0.39 is 6.09 Å². The van der Waals surface area contributed by atoms with E-state index in [0.29, 0.717) is 5.92 Å². The molecule has 2 amide bonds. The summed E-state index contributed by atoms with van der Waals surface area (Å²) < 4.78 is 4.45. The van der Waals surface area contributed by atoms with Crippen molar-refractivity contribution in [3.63, 3.8) is 0 Å². The van der Waals surface area contributed by atoms with Gasteiger partial charge in [-0.15, -0.1) is 11.3 Å². The van der Waals surface area contributed by atoms with Gasteiger partial charge in [0.25, 0.3) is 0 Å². The number of amides is 2. The highest BCUT2D eigenvalue weighted by Crippen LogP contribution is 2.37. The lowest BCUT2D eigenvalue weighted by atomic mass is 9.96. The van der Waals surface area contributed by atoms with Gasteiger partial charge in [0.15, 0.2) is 0 Å². The maximum absolute atomic E-state index is 11.9. The largest absolute Gasteiger partial charge is 0.453 e. The fourth-order valence-electron chi connectivity index (χ4n) is 2.63. The summed E-state index contributed by atoms with van der Waals surface area (Å²) in [5.41, 5.74) is 0. The molecule has 110 valence electrons. The molecule has 1 fully saturated rings. The van der Waals surface area contributed by atoms with Gasteiger partial charge in [0.05, 0.1) is 13.2 Å². The Labute approximate surface area is 122 Å². The minimum Gasteiger partial charge on any atom is -0.453 e. The quantitative estimate of drug-likeness (QED) is 0.877. The maximum Gasteiger partial charge on any atom is 0.407 e. The van der Waals surface area contributed by atoms with Gasteiger partial charge in [0.2, 0.25) is 5.91 Å². The zero-order chi connectivity index (χ0) is 14.4. The van der Waals surface area contributed by atoms with Crippen LogP contribution in [0.4, 0.5) is 4.79 Å². The standard InChI is InChI=1S/C14H20N2O3S/c1-19-14(18)15-9-12(17)16-13(10-5-2-3-6-10)11-7-4-8-20-11/h4,7-8,10,13H,2-3,5-6,9H2,1H3,(H,15,18)(H,16,17)/t13-/m0/s1. The van der Waals surface area contributed by atoms with Gasteiger partial charge in [-0.05, 0) is 30.2 Å². The third kappa shape index (κ3) is 3.96. The van der Waals surface area contributed by atoms with Gasteiger partial charge in [-0.1, -0.05) is 18.9 Å². The summed E-state index contributed by atoms with van der Waals surface area (Å²) in [6.45, 7) is -0.0543. The van der Waals surface area contributed by atoms with Crippen molar-refractivity contribution in [2.75, 3.05) is 13.7 Å². The lowest BCUT2D eigenvalue weighted by Gasteiger charge is -2.23. The highest BCUT2D eigenvalue weighted by Gasteiger charge is 2.28. The molecule has 1 aliphatic carbocycles. The Kier molecular flexibility index (Phi) is 5.40. The monoisotopic (exact) mass is 296 g/mol. The van der Waals surface area contributed by atoms with Gasteiger partial charge in [0.1, 0.15) is 6.54 Å². The molecule has 6 heteroatoms. The van der Waals surface area contributed by atoms with E-state index in [1.807, 2.05) is 11.4 Å². The number of thiophene rings is 1. The van der Waals surface area contributed by atoms with Gasteiger partial charge in [-0.25, -0.2) is 4.79 Å². The lowest BCUT2D eigenvalue weighted by Crippen LogP contribution is -2.40. The molecule has 0 unspecified atom stereocenters. The van der Waals surface area contributed by atoms with E-state index >= 15 is 0 Å². The van der Waals surface area contributed by atoms with E-state index in [1.54, 1.807) is 11.3 Å². The zero-order valence-electron chi connectivity index (χ0n) is 11.6. The van der Waals surface area contributed by atoms with Crippen molar-refractivity contribution in [1.29, 1.82) is 0 Å². The SMILES string of the molecule is COC(=O)NCC(=O)N[C@H](c1cccs1)C1CCCC1. The molecular formula is C14H20N2O3S. The van der Waals surface area contributed by atoms with Gasteiger partial charge in [-0.3, -0.25) is 4.79 Å². The lowest BCUT2D eigenvalue weighted by molar-refractivity contribution is -0.121. The molecule has 1 aliphatic rings. The van der Waals surface area contributed by atoms with Crippen LogP contribution in [-0.4, -0.2) is 25.7 Å². The number of ether oxygens (including phenoxy) is 1. The first-order valence-electron chi connectivity index (χ1n) is 6.85. The summed E-state index contributed by atoms with van der Waals surface area (Å²) in [6.07, 6.45) is 4.15. The third-order valence-electron chi connectivity index (χ3n) is 3.62. The molecule has 0 bridgehead atoms. The first-order chi connectivity index (χ1) is 9.70. The van der Waals surface area contributed by atoms with Crippen LogP contribution < -0.4 is 10.6 Å². The van der Waals surface area contributed by atoms with Crippen molar-refractivity contribution in [2.45, 2.75) is 31.7 Å². The molecule has 2 rings (SSSR count). The third-order valence-corrected chi connectivity index (χ3v) is 4.57. The maximum atomic E-state index is 11.9. The van der Waals surface area contributed by atoms with Gasteiger partial charge in [0, 0.05) is 4.88 Å². The number of hydrogen-bond acceptors (Lipinski definition) is 4. The Hall–Kier alpha value is -1.56. The van der Waals surface area contributed by atoms with E-state index in [9.17, 15) is 9.59 Å². The first kappa shape index (κ1) is 14.8. The van der Waals surface area contributed by atoms with Crippen molar-refractivity contribution in [1.82, 2.24) is 10.6 Å². The summed E-state index contributed by atoms with van der Waals surface area (Å²) in [6, 6.07) is 4.12. The normalized spacial score (nSPS) is 16.6. The molecule has 2 N–H and O–H groups in total. The van der Waals surface area contributed by atoms with Gasteiger partial charge < -0.3 is 15.4 Å². The van der Waals surface area contributed by atoms with Crippen molar-refractivity contribution in [2.24, 2.45) is 5.92 Å². The Morgan fingerprint density at radius 2 is 2.20 bits per heavy atom. The predicted octanol–water partition coefficient (Wildman–Crippen LogP) is 2.45. The Morgan fingerprint density at radius 1 is 1.45 bits per heavy atom. The summed E-state index contributed by atoms with van der Waals surface area (Å²) in [4.78, 5) is 24.1. The number of carbonyl (C=O) groups excluding carboxylic acids is 2. The van der Waals surface area contributed by atoms with Gasteiger partial charge in [-0.2, -0.15) is 0 Å². The second-order valence-electron chi connectivity index (χ2n) is 4.95. The fourth-order valence-corrected chi connectivity index (χ4v) is 3.50. The average Bonchev–Trinajstić information content (AvgIpc) is 3.14. The predicted molar refractivity (Wildman–Crippen MR) is 77.6 cm³/mol. The van der Waals surface area contributed by atoms with E-state index in [0.717, 1.165) is 12.8 Å². The van der Waals surface area contributed by atoms with Crippen LogP contribution in [-0.2, 0) is 9.53 Å². The minimum atomic E-state index is -0.589. The number of hydrogen-bond donors (Lipinski definition) is 2. The number of carbonyl (C=O) groups is 2. The summed E-state index contributed by atoms with van der Waals surface area (Å²) in [5, 5.41) is 7.47. The Bertz CT molecular complexity index is 441. The van der Waals surface area contributed by atoms with Crippen molar-refractivity contribution >= 4 is 23.3 Å².